The minimum atomic E-state index is -0.605. The largest absolute Gasteiger partial charge is 0.497 e. The highest BCUT2D eigenvalue weighted by atomic mass is 32.2. The molecule has 2 aromatic carbocycles. The Kier molecular flexibility index (Phi) is 9.61. The molecule has 1 N–H and O–H groups in total. The number of thioether (sulfide) groups is 1. The third-order valence-corrected chi connectivity index (χ3v) is 7.03. The average Bonchev–Trinajstić information content (AvgIpc) is 2.84. The molecule has 1 saturated carbocycles. The summed E-state index contributed by atoms with van der Waals surface area (Å²) in [7, 11) is 1.63. The predicted octanol–water partition coefficient (Wildman–Crippen LogP) is 4.93. The van der Waals surface area contributed by atoms with Gasteiger partial charge in [0, 0.05) is 18.3 Å². The van der Waals surface area contributed by atoms with E-state index in [9.17, 15) is 14.0 Å². The zero-order chi connectivity index (χ0) is 23.6. The molecular weight excluding hydrogens is 439 g/mol. The Morgan fingerprint density at radius 1 is 1.06 bits per heavy atom. The van der Waals surface area contributed by atoms with Crippen LogP contribution < -0.4 is 10.1 Å². The zero-order valence-corrected chi connectivity index (χ0v) is 20.2. The topological polar surface area (TPSA) is 58.6 Å². The molecule has 0 saturated heterocycles. The molecule has 1 aliphatic rings. The number of nitrogens with zero attached hydrogens (tertiary/aromatic N) is 1. The molecule has 2 aromatic rings. The number of hydrogen-bond donors (Lipinski definition) is 1. The van der Waals surface area contributed by atoms with E-state index in [1.54, 1.807) is 31.1 Å². The molecule has 0 heterocycles. The van der Waals surface area contributed by atoms with E-state index in [1.807, 2.05) is 24.3 Å². The third-order valence-electron chi connectivity index (χ3n) is 6.04. The van der Waals surface area contributed by atoms with Crippen molar-refractivity contribution < 1.29 is 18.7 Å². The standard InChI is InChI=1S/C26H33FN2O3S/c1-19(26(31)28-23-6-4-3-5-7-23)29(16-20-8-12-22(27)13-9-20)25(30)18-33-17-21-10-14-24(32-2)15-11-21/h8-15,19,23H,3-7,16-18H2,1-2H3,(H,28,31)/t19-/m1/s1. The highest BCUT2D eigenvalue weighted by Gasteiger charge is 2.28. The van der Waals surface area contributed by atoms with Gasteiger partial charge in [0.15, 0.2) is 0 Å². The molecule has 5 nitrogen and oxygen atoms in total. The lowest BCUT2D eigenvalue weighted by molar-refractivity contribution is -0.139. The van der Waals surface area contributed by atoms with Crippen molar-refractivity contribution in [2.75, 3.05) is 12.9 Å². The van der Waals surface area contributed by atoms with Gasteiger partial charge >= 0.3 is 0 Å². The summed E-state index contributed by atoms with van der Waals surface area (Å²) in [5.41, 5.74) is 1.89. The van der Waals surface area contributed by atoms with Crippen molar-refractivity contribution in [2.45, 2.75) is 63.4 Å². The number of nitrogens with one attached hydrogen (secondary N) is 1. The van der Waals surface area contributed by atoms with Gasteiger partial charge in [0.25, 0.3) is 0 Å². The molecule has 1 atom stereocenters. The number of methoxy groups -OCH3 is 1. The molecule has 1 aliphatic carbocycles. The summed E-state index contributed by atoms with van der Waals surface area (Å²) in [5, 5.41) is 3.13. The maximum atomic E-state index is 13.3. The van der Waals surface area contributed by atoms with E-state index in [4.69, 9.17) is 4.74 Å². The first-order valence-corrected chi connectivity index (χ1v) is 12.7. The SMILES string of the molecule is COc1ccc(CSCC(=O)N(Cc2ccc(F)cc2)[C@H](C)C(=O)NC2CCCCC2)cc1. The lowest BCUT2D eigenvalue weighted by Gasteiger charge is -2.31. The number of carbonyl (C=O) groups excluding carboxylic acids is 2. The number of amides is 2. The molecule has 3 rings (SSSR count). The van der Waals surface area contributed by atoms with Gasteiger partial charge < -0.3 is 15.0 Å². The monoisotopic (exact) mass is 472 g/mol. The lowest BCUT2D eigenvalue weighted by atomic mass is 9.95. The number of ether oxygens (including phenoxy) is 1. The lowest BCUT2D eigenvalue weighted by Crippen LogP contribution is -2.50. The van der Waals surface area contributed by atoms with E-state index in [0.29, 0.717) is 5.75 Å². The first-order valence-electron chi connectivity index (χ1n) is 11.5. The van der Waals surface area contributed by atoms with E-state index < -0.39 is 6.04 Å². The minimum Gasteiger partial charge on any atom is -0.497 e. The van der Waals surface area contributed by atoms with Crippen LogP contribution in [0.15, 0.2) is 48.5 Å². The van der Waals surface area contributed by atoms with Gasteiger partial charge in [-0.3, -0.25) is 9.59 Å². The summed E-state index contributed by atoms with van der Waals surface area (Å²) >= 11 is 1.51. The second-order valence-corrected chi connectivity index (χ2v) is 9.49. The fourth-order valence-corrected chi connectivity index (χ4v) is 4.87. The second-order valence-electron chi connectivity index (χ2n) is 8.51. The highest BCUT2D eigenvalue weighted by Crippen LogP contribution is 2.20. The van der Waals surface area contributed by atoms with Gasteiger partial charge in [-0.2, -0.15) is 0 Å². The molecule has 33 heavy (non-hydrogen) atoms. The molecule has 178 valence electrons. The van der Waals surface area contributed by atoms with E-state index in [-0.39, 0.29) is 36.0 Å². The van der Waals surface area contributed by atoms with E-state index in [0.717, 1.165) is 42.6 Å². The Morgan fingerprint density at radius 2 is 1.70 bits per heavy atom. The van der Waals surface area contributed by atoms with Crippen LogP contribution in [0.1, 0.15) is 50.2 Å². The second kappa shape index (κ2) is 12.6. The van der Waals surface area contributed by atoms with E-state index >= 15 is 0 Å². The third kappa shape index (κ3) is 7.77. The average molecular weight is 473 g/mol. The van der Waals surface area contributed by atoms with Gasteiger partial charge in [-0.05, 0) is 55.2 Å². The molecule has 0 aliphatic heterocycles. The molecule has 7 heteroatoms. The number of benzene rings is 2. The summed E-state index contributed by atoms with van der Waals surface area (Å²) < 4.78 is 18.5. The van der Waals surface area contributed by atoms with Crippen LogP contribution in [-0.4, -0.2) is 41.7 Å². The summed E-state index contributed by atoms with van der Waals surface area (Å²) in [5.74, 6) is 1.18. The molecule has 0 aromatic heterocycles. The molecule has 0 unspecified atom stereocenters. The van der Waals surface area contributed by atoms with Crippen LogP contribution >= 0.6 is 11.8 Å². The van der Waals surface area contributed by atoms with Crippen molar-refractivity contribution in [1.82, 2.24) is 10.2 Å². The predicted molar refractivity (Wildman–Crippen MR) is 131 cm³/mol. The summed E-state index contributed by atoms with van der Waals surface area (Å²) in [4.78, 5) is 27.8. The van der Waals surface area contributed by atoms with Crippen LogP contribution in [0.3, 0.4) is 0 Å². The zero-order valence-electron chi connectivity index (χ0n) is 19.4. The van der Waals surface area contributed by atoms with Gasteiger partial charge in [-0.1, -0.05) is 43.5 Å². The van der Waals surface area contributed by atoms with Crippen LogP contribution in [-0.2, 0) is 21.9 Å². The first-order chi connectivity index (χ1) is 16.0. The van der Waals surface area contributed by atoms with Crippen LogP contribution in [0.2, 0.25) is 0 Å². The van der Waals surface area contributed by atoms with Crippen LogP contribution in [0, 0.1) is 5.82 Å². The number of rotatable bonds is 10. The van der Waals surface area contributed by atoms with Gasteiger partial charge in [-0.15, -0.1) is 11.8 Å². The fraction of sp³-hybridized carbons (Fsp3) is 0.462. The Hall–Kier alpha value is -2.54. The Bertz CT molecular complexity index is 899. The van der Waals surface area contributed by atoms with Gasteiger partial charge in [0.05, 0.1) is 12.9 Å². The number of halogens is 1. The summed E-state index contributed by atoms with van der Waals surface area (Å²) in [6.07, 6.45) is 5.44. The number of carbonyl (C=O) groups is 2. The molecule has 0 bridgehead atoms. The molecule has 0 spiro atoms. The van der Waals surface area contributed by atoms with Crippen LogP contribution in [0.4, 0.5) is 4.39 Å². The first kappa shape index (κ1) is 25.1. The smallest absolute Gasteiger partial charge is 0.242 e. The van der Waals surface area contributed by atoms with Crippen molar-refractivity contribution in [1.29, 1.82) is 0 Å². The normalized spacial score (nSPS) is 15.0. The minimum absolute atomic E-state index is 0.107. The van der Waals surface area contributed by atoms with Crippen molar-refractivity contribution in [3.8, 4) is 5.75 Å². The molecule has 2 amide bonds. The molecule has 1 fully saturated rings. The summed E-state index contributed by atoms with van der Waals surface area (Å²) in [6.45, 7) is 2.04. The van der Waals surface area contributed by atoms with Gasteiger partial charge in [-0.25, -0.2) is 4.39 Å². The van der Waals surface area contributed by atoms with Crippen molar-refractivity contribution >= 4 is 23.6 Å². The Morgan fingerprint density at radius 3 is 2.33 bits per heavy atom. The van der Waals surface area contributed by atoms with E-state index in [1.165, 1.54) is 30.3 Å². The van der Waals surface area contributed by atoms with Crippen molar-refractivity contribution in [2.24, 2.45) is 0 Å². The Balaban J connectivity index is 1.63. The van der Waals surface area contributed by atoms with Gasteiger partial charge in [0.1, 0.15) is 17.6 Å². The van der Waals surface area contributed by atoms with E-state index in [2.05, 4.69) is 5.32 Å². The van der Waals surface area contributed by atoms with Gasteiger partial charge in [0.2, 0.25) is 11.8 Å². The Labute approximate surface area is 200 Å². The maximum Gasteiger partial charge on any atom is 0.242 e. The molecular formula is C26H33FN2O3S. The van der Waals surface area contributed by atoms with Crippen LogP contribution in [0.5, 0.6) is 5.75 Å². The number of hydrogen-bond acceptors (Lipinski definition) is 4. The highest BCUT2D eigenvalue weighted by molar-refractivity contribution is 7.99. The molecule has 0 radical (unpaired) electrons. The van der Waals surface area contributed by atoms with Crippen molar-refractivity contribution in [3.63, 3.8) is 0 Å². The fourth-order valence-electron chi connectivity index (χ4n) is 4.00. The quantitative estimate of drug-likeness (QED) is 0.533. The van der Waals surface area contributed by atoms with Crippen LogP contribution in [0.25, 0.3) is 0 Å². The summed E-state index contributed by atoms with van der Waals surface area (Å²) in [6, 6.07) is 13.4. The van der Waals surface area contributed by atoms with Crippen molar-refractivity contribution in [3.05, 3.63) is 65.5 Å². The maximum absolute atomic E-state index is 13.3.